The topological polar surface area (TPSA) is 61.9 Å². The molecular weight excluding hydrogens is 411 g/mol. The van der Waals surface area contributed by atoms with Gasteiger partial charge in [0, 0.05) is 32.4 Å². The summed E-state index contributed by atoms with van der Waals surface area (Å²) in [6, 6.07) is 5.81. The lowest BCUT2D eigenvalue weighted by Crippen LogP contribution is -2.47. The molecule has 2 heterocycles. The van der Waals surface area contributed by atoms with Gasteiger partial charge in [-0.25, -0.2) is 9.98 Å². The van der Waals surface area contributed by atoms with E-state index >= 15 is 0 Å². The fourth-order valence-electron chi connectivity index (χ4n) is 4.02. The zero-order valence-electron chi connectivity index (χ0n) is 16.1. The van der Waals surface area contributed by atoms with E-state index in [9.17, 15) is 4.79 Å². The Morgan fingerprint density at radius 2 is 2.03 bits per heavy atom. The van der Waals surface area contributed by atoms with Gasteiger partial charge < -0.3 is 9.32 Å². The molecule has 4 rings (SSSR count). The average molecular weight is 435 g/mol. The quantitative estimate of drug-likeness (QED) is 0.629. The molecule has 1 saturated heterocycles. The molecule has 2 fully saturated rings. The van der Waals surface area contributed by atoms with Crippen molar-refractivity contribution in [2.75, 3.05) is 37.6 Å². The molecule has 8 heteroatoms. The third-order valence-electron chi connectivity index (χ3n) is 5.79. The molecule has 1 aliphatic heterocycles. The average Bonchev–Trinajstić information content (AvgIpc) is 3.24. The van der Waals surface area contributed by atoms with E-state index in [1.807, 2.05) is 18.2 Å². The summed E-state index contributed by atoms with van der Waals surface area (Å²) < 4.78 is 4.96. The fourth-order valence-corrected chi connectivity index (χ4v) is 4.43. The van der Waals surface area contributed by atoms with E-state index in [4.69, 9.17) is 27.6 Å². The second-order valence-electron chi connectivity index (χ2n) is 7.71. The number of oxazole rings is 1. The van der Waals surface area contributed by atoms with Crippen molar-refractivity contribution in [2.45, 2.75) is 19.3 Å². The van der Waals surface area contributed by atoms with Crippen LogP contribution in [0.1, 0.15) is 29.9 Å². The van der Waals surface area contributed by atoms with Gasteiger partial charge in [0.2, 0.25) is 0 Å². The second-order valence-corrected chi connectivity index (χ2v) is 8.49. The van der Waals surface area contributed by atoms with E-state index in [-0.39, 0.29) is 5.89 Å². The van der Waals surface area contributed by atoms with Crippen LogP contribution < -0.4 is 4.90 Å². The molecule has 0 radical (unpaired) electrons. The predicted octanol–water partition coefficient (Wildman–Crippen LogP) is 4.43. The Kier molecular flexibility index (Phi) is 6.53. The monoisotopic (exact) mass is 434 g/mol. The Hall–Kier alpha value is -1.89. The molecule has 0 N–H and O–H groups in total. The first-order valence-corrected chi connectivity index (χ1v) is 10.7. The number of anilines is 1. The van der Waals surface area contributed by atoms with Crippen molar-refractivity contribution < 1.29 is 9.21 Å². The van der Waals surface area contributed by atoms with Crippen LogP contribution in [0.4, 0.5) is 5.69 Å². The molecule has 1 aromatic heterocycles. The summed E-state index contributed by atoms with van der Waals surface area (Å²) >= 11 is 12.5. The van der Waals surface area contributed by atoms with Crippen LogP contribution >= 0.6 is 23.2 Å². The molecule has 1 aromatic carbocycles. The third kappa shape index (κ3) is 5.00. The van der Waals surface area contributed by atoms with E-state index in [1.165, 1.54) is 18.9 Å². The van der Waals surface area contributed by atoms with Crippen molar-refractivity contribution >= 4 is 41.0 Å². The van der Waals surface area contributed by atoms with Gasteiger partial charge in [0.25, 0.3) is 5.89 Å². The summed E-state index contributed by atoms with van der Waals surface area (Å²) in [7, 11) is 0. The maximum atomic E-state index is 11.8. The highest BCUT2D eigenvalue weighted by Crippen LogP contribution is 2.36. The van der Waals surface area contributed by atoms with Gasteiger partial charge in [-0.05, 0) is 49.8 Å². The number of nitrogens with zero attached hydrogens (tertiary/aromatic N) is 4. The SMILES string of the molecule is O=C(N=CC1CC(CCN2CCN(c3cccc(Cl)c3Cl)CC2)C1)c1ncco1. The molecule has 2 aromatic rings. The standard InChI is InChI=1S/C21H24Cl2N4O2/c22-17-2-1-3-18(19(17)23)27-9-7-26(8-10-27)6-4-15-12-16(13-15)14-25-20(28)21-24-5-11-29-21/h1-3,5,11,14-16H,4,6-10,12-13H2. The van der Waals surface area contributed by atoms with Crippen LogP contribution in [0.15, 0.2) is 40.1 Å². The van der Waals surface area contributed by atoms with Crippen LogP contribution in [0.3, 0.4) is 0 Å². The summed E-state index contributed by atoms with van der Waals surface area (Å²) in [5.74, 6) is 0.746. The Bertz CT molecular complexity index is 858. The van der Waals surface area contributed by atoms with Crippen molar-refractivity contribution in [1.82, 2.24) is 9.88 Å². The lowest BCUT2D eigenvalue weighted by molar-refractivity contribution is 0.0968. The van der Waals surface area contributed by atoms with Crippen LogP contribution in [-0.4, -0.2) is 54.7 Å². The van der Waals surface area contributed by atoms with Gasteiger partial charge >= 0.3 is 5.91 Å². The summed E-state index contributed by atoms with van der Waals surface area (Å²) in [5.41, 5.74) is 1.03. The number of carbonyl (C=O) groups is 1. The highest BCUT2D eigenvalue weighted by molar-refractivity contribution is 6.43. The molecule has 2 aliphatic rings. The van der Waals surface area contributed by atoms with Crippen molar-refractivity contribution in [3.05, 3.63) is 46.6 Å². The Morgan fingerprint density at radius 1 is 1.24 bits per heavy atom. The molecule has 1 amide bonds. The third-order valence-corrected chi connectivity index (χ3v) is 6.60. The first-order valence-electron chi connectivity index (χ1n) is 9.99. The Labute approximate surface area is 180 Å². The number of halogens is 2. The number of aromatic nitrogens is 1. The van der Waals surface area contributed by atoms with E-state index in [0.717, 1.165) is 51.3 Å². The molecule has 0 unspecified atom stereocenters. The highest BCUT2D eigenvalue weighted by Gasteiger charge is 2.29. The number of hydrogen-bond donors (Lipinski definition) is 0. The molecular formula is C21H24Cl2N4O2. The molecule has 1 saturated carbocycles. The molecule has 0 spiro atoms. The minimum Gasteiger partial charge on any atom is -0.441 e. The zero-order chi connectivity index (χ0) is 20.2. The summed E-state index contributed by atoms with van der Waals surface area (Å²) in [4.78, 5) is 24.4. The van der Waals surface area contributed by atoms with Crippen molar-refractivity contribution in [1.29, 1.82) is 0 Å². The Balaban J connectivity index is 1.15. The van der Waals surface area contributed by atoms with Gasteiger partial charge in [0.1, 0.15) is 6.26 Å². The fraction of sp³-hybridized carbons (Fsp3) is 0.476. The van der Waals surface area contributed by atoms with Gasteiger partial charge in [-0.15, -0.1) is 0 Å². The minimum atomic E-state index is -0.406. The van der Waals surface area contributed by atoms with Gasteiger partial charge in [-0.3, -0.25) is 9.69 Å². The molecule has 0 bridgehead atoms. The molecule has 29 heavy (non-hydrogen) atoms. The summed E-state index contributed by atoms with van der Waals surface area (Å²) in [6.07, 6.45) is 7.98. The maximum absolute atomic E-state index is 11.8. The van der Waals surface area contributed by atoms with E-state index in [1.54, 1.807) is 6.21 Å². The number of aliphatic imine (C=N–C) groups is 1. The molecule has 154 valence electrons. The van der Waals surface area contributed by atoms with Gasteiger partial charge in [-0.2, -0.15) is 0 Å². The highest BCUT2D eigenvalue weighted by atomic mass is 35.5. The normalized spacial score (nSPS) is 22.8. The van der Waals surface area contributed by atoms with Crippen LogP contribution in [-0.2, 0) is 0 Å². The van der Waals surface area contributed by atoms with Gasteiger partial charge in [0.15, 0.2) is 0 Å². The van der Waals surface area contributed by atoms with Crippen molar-refractivity contribution in [3.8, 4) is 0 Å². The Morgan fingerprint density at radius 3 is 2.76 bits per heavy atom. The zero-order valence-corrected chi connectivity index (χ0v) is 17.6. The van der Waals surface area contributed by atoms with Crippen LogP contribution in [0.5, 0.6) is 0 Å². The first-order chi connectivity index (χ1) is 14.1. The number of rotatable bonds is 6. The van der Waals surface area contributed by atoms with E-state index < -0.39 is 5.91 Å². The lowest BCUT2D eigenvalue weighted by Gasteiger charge is -2.39. The minimum absolute atomic E-state index is 0.0512. The molecule has 0 atom stereocenters. The number of hydrogen-bond acceptors (Lipinski definition) is 5. The largest absolute Gasteiger partial charge is 0.441 e. The summed E-state index contributed by atoms with van der Waals surface area (Å²) in [6.45, 7) is 5.10. The van der Waals surface area contributed by atoms with E-state index in [0.29, 0.717) is 21.9 Å². The van der Waals surface area contributed by atoms with Crippen LogP contribution in [0, 0.1) is 11.8 Å². The van der Waals surface area contributed by atoms with Crippen LogP contribution in [0.2, 0.25) is 10.0 Å². The maximum Gasteiger partial charge on any atom is 0.332 e. The van der Waals surface area contributed by atoms with Crippen LogP contribution in [0.25, 0.3) is 0 Å². The number of carbonyl (C=O) groups excluding carboxylic acids is 1. The first kappa shape index (κ1) is 20.4. The van der Waals surface area contributed by atoms with Crippen molar-refractivity contribution in [3.63, 3.8) is 0 Å². The summed E-state index contributed by atoms with van der Waals surface area (Å²) in [5, 5.41) is 1.25. The van der Waals surface area contributed by atoms with Gasteiger partial charge in [-0.1, -0.05) is 29.3 Å². The molecule has 1 aliphatic carbocycles. The van der Waals surface area contributed by atoms with Crippen molar-refractivity contribution in [2.24, 2.45) is 16.8 Å². The molecule has 6 nitrogen and oxygen atoms in total. The number of benzene rings is 1. The van der Waals surface area contributed by atoms with Gasteiger partial charge in [0.05, 0.1) is 21.9 Å². The lowest BCUT2D eigenvalue weighted by atomic mass is 9.74. The van der Waals surface area contributed by atoms with E-state index in [2.05, 4.69) is 19.8 Å². The second kappa shape index (κ2) is 9.28. The number of amides is 1. The predicted molar refractivity (Wildman–Crippen MR) is 115 cm³/mol. The smallest absolute Gasteiger partial charge is 0.332 e. The number of piperazine rings is 1.